The van der Waals surface area contributed by atoms with Gasteiger partial charge in [0.2, 0.25) is 0 Å². The molecule has 2 rings (SSSR count). The standard InChI is InChI=1S/C11H8N2O3/c14-6-7-2-1-3-8(4-7)9-5-12-11(16)13-10(9)15/h1-6H,(H2,12,13,15,16). The zero-order valence-corrected chi connectivity index (χ0v) is 8.19. The number of benzene rings is 1. The maximum Gasteiger partial charge on any atom is 0.325 e. The normalized spacial score (nSPS) is 10.0. The highest BCUT2D eigenvalue weighted by molar-refractivity contribution is 5.78. The molecule has 1 heterocycles. The molecule has 0 bridgehead atoms. The topological polar surface area (TPSA) is 82.8 Å². The number of aldehydes is 1. The van der Waals surface area contributed by atoms with Gasteiger partial charge in [-0.2, -0.15) is 0 Å². The van der Waals surface area contributed by atoms with Gasteiger partial charge < -0.3 is 4.98 Å². The Morgan fingerprint density at radius 3 is 2.69 bits per heavy atom. The van der Waals surface area contributed by atoms with Gasteiger partial charge in [-0.25, -0.2) is 4.79 Å². The van der Waals surface area contributed by atoms with Crippen molar-refractivity contribution < 1.29 is 4.79 Å². The summed E-state index contributed by atoms with van der Waals surface area (Å²) >= 11 is 0. The van der Waals surface area contributed by atoms with E-state index >= 15 is 0 Å². The first kappa shape index (κ1) is 10.1. The molecule has 0 aliphatic carbocycles. The molecule has 0 atom stereocenters. The molecule has 0 radical (unpaired) electrons. The molecule has 5 heteroatoms. The van der Waals surface area contributed by atoms with E-state index in [9.17, 15) is 14.4 Å². The Morgan fingerprint density at radius 1 is 1.19 bits per heavy atom. The van der Waals surface area contributed by atoms with Crippen LogP contribution in [0.1, 0.15) is 10.4 Å². The molecule has 0 unspecified atom stereocenters. The van der Waals surface area contributed by atoms with Crippen LogP contribution in [0.2, 0.25) is 0 Å². The van der Waals surface area contributed by atoms with Crippen LogP contribution in [0.3, 0.4) is 0 Å². The summed E-state index contributed by atoms with van der Waals surface area (Å²) in [6, 6.07) is 6.58. The van der Waals surface area contributed by atoms with Crippen LogP contribution >= 0.6 is 0 Å². The van der Waals surface area contributed by atoms with Gasteiger partial charge in [-0.3, -0.25) is 14.6 Å². The Bertz CT molecular complexity index is 640. The van der Waals surface area contributed by atoms with Crippen molar-refractivity contribution in [1.29, 1.82) is 0 Å². The SMILES string of the molecule is O=Cc1cccc(-c2c[nH]c(=O)[nH]c2=O)c1. The molecule has 0 saturated heterocycles. The summed E-state index contributed by atoms with van der Waals surface area (Å²) in [4.78, 5) is 37.4. The predicted octanol–water partition coefficient (Wildman–Crippen LogP) is 0.543. The molecular formula is C11H8N2O3. The van der Waals surface area contributed by atoms with Crippen LogP contribution in [0, 0.1) is 0 Å². The van der Waals surface area contributed by atoms with Gasteiger partial charge in [0.15, 0.2) is 0 Å². The molecule has 0 spiro atoms. The van der Waals surface area contributed by atoms with Crippen LogP contribution in [0.15, 0.2) is 40.1 Å². The van der Waals surface area contributed by atoms with Crippen LogP contribution in [-0.2, 0) is 0 Å². The number of rotatable bonds is 2. The fraction of sp³-hybridized carbons (Fsp3) is 0. The molecule has 5 nitrogen and oxygen atoms in total. The summed E-state index contributed by atoms with van der Waals surface area (Å²) in [6.45, 7) is 0. The molecule has 1 aromatic carbocycles. The molecule has 1 aromatic heterocycles. The van der Waals surface area contributed by atoms with Crippen molar-refractivity contribution in [3.8, 4) is 11.1 Å². The Balaban J connectivity index is 2.62. The van der Waals surface area contributed by atoms with Crippen molar-refractivity contribution in [2.24, 2.45) is 0 Å². The maximum absolute atomic E-state index is 11.5. The molecule has 80 valence electrons. The first-order valence-corrected chi connectivity index (χ1v) is 4.58. The van der Waals surface area contributed by atoms with Gasteiger partial charge in [0.1, 0.15) is 6.29 Å². The van der Waals surface area contributed by atoms with Crippen LogP contribution in [0.4, 0.5) is 0 Å². The number of hydrogen-bond acceptors (Lipinski definition) is 3. The molecule has 0 aliphatic rings. The van der Waals surface area contributed by atoms with Gasteiger partial charge >= 0.3 is 5.69 Å². The van der Waals surface area contributed by atoms with Crippen molar-refractivity contribution in [2.75, 3.05) is 0 Å². The number of carbonyl (C=O) groups excluding carboxylic acids is 1. The molecule has 16 heavy (non-hydrogen) atoms. The summed E-state index contributed by atoms with van der Waals surface area (Å²) in [6.07, 6.45) is 2.02. The quantitative estimate of drug-likeness (QED) is 0.719. The number of hydrogen-bond donors (Lipinski definition) is 2. The third-order valence-electron chi connectivity index (χ3n) is 2.15. The molecule has 2 aromatic rings. The zero-order chi connectivity index (χ0) is 11.5. The lowest BCUT2D eigenvalue weighted by Crippen LogP contribution is -2.22. The maximum atomic E-state index is 11.5. The van der Waals surface area contributed by atoms with Crippen LogP contribution in [0.25, 0.3) is 11.1 Å². The van der Waals surface area contributed by atoms with Crippen molar-refractivity contribution in [3.63, 3.8) is 0 Å². The molecule has 0 aliphatic heterocycles. The largest absolute Gasteiger partial charge is 0.325 e. The Hall–Kier alpha value is -2.43. The van der Waals surface area contributed by atoms with Crippen molar-refractivity contribution in [2.45, 2.75) is 0 Å². The van der Waals surface area contributed by atoms with E-state index in [1.807, 2.05) is 0 Å². The number of nitrogens with one attached hydrogen (secondary N) is 2. The highest BCUT2D eigenvalue weighted by Crippen LogP contribution is 2.14. The van der Waals surface area contributed by atoms with Crippen molar-refractivity contribution in [1.82, 2.24) is 9.97 Å². The fourth-order valence-corrected chi connectivity index (χ4v) is 1.40. The second-order valence-corrected chi connectivity index (χ2v) is 3.23. The first-order valence-electron chi connectivity index (χ1n) is 4.58. The number of aromatic amines is 2. The third kappa shape index (κ3) is 1.83. The van der Waals surface area contributed by atoms with Gasteiger partial charge in [-0.1, -0.05) is 18.2 Å². The minimum absolute atomic E-state index is 0.323. The smallest absolute Gasteiger partial charge is 0.313 e. The molecule has 0 fully saturated rings. The summed E-state index contributed by atoms with van der Waals surface area (Å²) < 4.78 is 0. The Morgan fingerprint density at radius 2 is 2.00 bits per heavy atom. The molecular weight excluding hydrogens is 208 g/mol. The van der Waals surface area contributed by atoms with E-state index in [2.05, 4.69) is 9.97 Å². The highest BCUT2D eigenvalue weighted by atomic mass is 16.2. The second-order valence-electron chi connectivity index (χ2n) is 3.23. The van der Waals surface area contributed by atoms with E-state index in [1.165, 1.54) is 6.20 Å². The summed E-state index contributed by atoms with van der Waals surface area (Å²) in [5, 5.41) is 0. The van der Waals surface area contributed by atoms with Crippen LogP contribution in [0.5, 0.6) is 0 Å². The van der Waals surface area contributed by atoms with Crippen molar-refractivity contribution >= 4 is 6.29 Å². The average Bonchev–Trinajstić information content (AvgIpc) is 2.29. The van der Waals surface area contributed by atoms with E-state index in [-0.39, 0.29) is 0 Å². The molecule has 0 amide bonds. The molecule has 2 N–H and O–H groups in total. The Kier molecular flexibility index (Phi) is 2.51. The Labute approximate surface area is 89.8 Å². The molecule has 0 saturated carbocycles. The average molecular weight is 216 g/mol. The van der Waals surface area contributed by atoms with E-state index in [0.717, 1.165) is 0 Å². The van der Waals surface area contributed by atoms with E-state index in [0.29, 0.717) is 23.0 Å². The number of aromatic nitrogens is 2. The first-order chi connectivity index (χ1) is 7.70. The van der Waals surface area contributed by atoms with Gasteiger partial charge in [-0.15, -0.1) is 0 Å². The zero-order valence-electron chi connectivity index (χ0n) is 8.19. The van der Waals surface area contributed by atoms with Crippen molar-refractivity contribution in [3.05, 3.63) is 56.9 Å². The van der Waals surface area contributed by atoms with E-state index in [4.69, 9.17) is 0 Å². The summed E-state index contributed by atoms with van der Waals surface area (Å²) in [5.74, 6) is 0. The minimum Gasteiger partial charge on any atom is -0.313 e. The van der Waals surface area contributed by atoms with E-state index < -0.39 is 11.2 Å². The third-order valence-corrected chi connectivity index (χ3v) is 2.15. The van der Waals surface area contributed by atoms with Crippen LogP contribution in [-0.4, -0.2) is 16.3 Å². The summed E-state index contributed by atoms with van der Waals surface area (Å²) in [5.41, 5.74) is 0.348. The van der Waals surface area contributed by atoms with Gasteiger partial charge in [-0.05, 0) is 11.6 Å². The van der Waals surface area contributed by atoms with Gasteiger partial charge in [0, 0.05) is 11.8 Å². The highest BCUT2D eigenvalue weighted by Gasteiger charge is 2.03. The number of carbonyl (C=O) groups is 1. The van der Waals surface area contributed by atoms with Gasteiger partial charge in [0.25, 0.3) is 5.56 Å². The fourth-order valence-electron chi connectivity index (χ4n) is 1.40. The lowest BCUT2D eigenvalue weighted by atomic mass is 10.1. The van der Waals surface area contributed by atoms with Gasteiger partial charge in [0.05, 0.1) is 5.56 Å². The summed E-state index contributed by atoms with van der Waals surface area (Å²) in [7, 11) is 0. The lowest BCUT2D eigenvalue weighted by Gasteiger charge is -1.99. The van der Waals surface area contributed by atoms with Crippen LogP contribution < -0.4 is 11.2 Å². The monoisotopic (exact) mass is 216 g/mol. The predicted molar refractivity (Wildman–Crippen MR) is 58.5 cm³/mol. The minimum atomic E-state index is -0.555. The number of H-pyrrole nitrogens is 2. The van der Waals surface area contributed by atoms with E-state index in [1.54, 1.807) is 24.3 Å². The second kappa shape index (κ2) is 3.98. The lowest BCUT2D eigenvalue weighted by molar-refractivity contribution is 0.112.